The summed E-state index contributed by atoms with van der Waals surface area (Å²) in [6.07, 6.45) is 1.30. The molecule has 102 valence electrons. The van der Waals surface area contributed by atoms with Crippen LogP contribution in [0.1, 0.15) is 12.5 Å². The molecule has 2 rings (SSSR count). The van der Waals surface area contributed by atoms with Gasteiger partial charge in [0.15, 0.2) is 0 Å². The van der Waals surface area contributed by atoms with Crippen molar-refractivity contribution in [2.75, 3.05) is 13.6 Å². The number of aliphatic imine (C=N–C) groups is 1. The first kappa shape index (κ1) is 13.6. The Morgan fingerprint density at radius 1 is 1.53 bits per heavy atom. The van der Waals surface area contributed by atoms with E-state index in [4.69, 9.17) is 4.74 Å². The van der Waals surface area contributed by atoms with Gasteiger partial charge in [0.25, 0.3) is 0 Å². The van der Waals surface area contributed by atoms with Gasteiger partial charge >= 0.3 is 0 Å². The fraction of sp³-hybridized carbons (Fsp3) is 0.385. The van der Waals surface area contributed by atoms with Gasteiger partial charge in [-0.1, -0.05) is 6.07 Å². The highest BCUT2D eigenvalue weighted by Gasteiger charge is 2.57. The van der Waals surface area contributed by atoms with Gasteiger partial charge in [0.1, 0.15) is 23.6 Å². The van der Waals surface area contributed by atoms with Crippen LogP contribution >= 0.6 is 0 Å². The average Bonchev–Trinajstić information content (AvgIpc) is 2.99. The molecule has 6 heteroatoms. The standard InChI is InChI=1S/C13H15F2N3O/c1-9-13(19-9,7-18(17-3)8-16-2)11-5-4-10(14)6-12(11)15/h4-6,8-9H,3,7H2,1-2H3. The molecule has 0 aromatic heterocycles. The molecule has 1 aliphatic heterocycles. The number of hydrogen-bond acceptors (Lipinski definition) is 3. The number of benzene rings is 1. The Bertz CT molecular complexity index is 521. The molecule has 2 atom stereocenters. The SMILES string of the molecule is C=NN(C=NC)CC1(c2ccc(F)cc2F)OC1C. The van der Waals surface area contributed by atoms with Crippen molar-refractivity contribution < 1.29 is 13.5 Å². The number of hydrazone groups is 1. The van der Waals surface area contributed by atoms with Gasteiger partial charge in [0.05, 0.1) is 12.6 Å². The van der Waals surface area contributed by atoms with E-state index in [0.29, 0.717) is 5.56 Å². The van der Waals surface area contributed by atoms with Crippen LogP contribution in [-0.2, 0) is 10.3 Å². The molecule has 19 heavy (non-hydrogen) atoms. The fourth-order valence-corrected chi connectivity index (χ4v) is 2.15. The second kappa shape index (κ2) is 5.05. The van der Waals surface area contributed by atoms with Gasteiger partial charge in [-0.2, -0.15) is 5.10 Å². The van der Waals surface area contributed by atoms with Crippen LogP contribution in [0.4, 0.5) is 8.78 Å². The van der Waals surface area contributed by atoms with Crippen LogP contribution in [0.3, 0.4) is 0 Å². The minimum Gasteiger partial charge on any atom is -0.359 e. The molecule has 0 saturated carbocycles. The minimum absolute atomic E-state index is 0.179. The van der Waals surface area contributed by atoms with E-state index in [-0.39, 0.29) is 12.6 Å². The minimum atomic E-state index is -0.833. The van der Waals surface area contributed by atoms with Crippen LogP contribution in [0.15, 0.2) is 28.3 Å². The van der Waals surface area contributed by atoms with Gasteiger partial charge in [-0.3, -0.25) is 10.0 Å². The van der Waals surface area contributed by atoms with Crippen molar-refractivity contribution in [3.05, 3.63) is 35.4 Å². The number of nitrogens with zero attached hydrogens (tertiary/aromatic N) is 3. The molecule has 0 bridgehead atoms. The molecule has 1 saturated heterocycles. The maximum Gasteiger partial charge on any atom is 0.142 e. The van der Waals surface area contributed by atoms with Crippen molar-refractivity contribution in [3.63, 3.8) is 0 Å². The average molecular weight is 267 g/mol. The molecule has 2 unspecified atom stereocenters. The zero-order chi connectivity index (χ0) is 14.0. The fourth-order valence-electron chi connectivity index (χ4n) is 2.15. The number of rotatable bonds is 5. The summed E-state index contributed by atoms with van der Waals surface area (Å²) in [5.74, 6) is -1.24. The molecule has 0 radical (unpaired) electrons. The predicted octanol–water partition coefficient (Wildman–Crippen LogP) is 2.15. The summed E-state index contributed by atoms with van der Waals surface area (Å²) >= 11 is 0. The summed E-state index contributed by atoms with van der Waals surface area (Å²) in [6.45, 7) is 5.52. The first-order chi connectivity index (χ1) is 9.03. The zero-order valence-electron chi connectivity index (χ0n) is 10.8. The van der Waals surface area contributed by atoms with Crippen molar-refractivity contribution in [1.29, 1.82) is 0 Å². The third-order valence-electron chi connectivity index (χ3n) is 3.20. The summed E-state index contributed by atoms with van der Waals surface area (Å²) in [6, 6.07) is 3.47. The van der Waals surface area contributed by atoms with E-state index < -0.39 is 17.2 Å². The Morgan fingerprint density at radius 3 is 2.68 bits per heavy atom. The van der Waals surface area contributed by atoms with Crippen LogP contribution in [0.2, 0.25) is 0 Å². The molecular formula is C13H15F2N3O. The third-order valence-corrected chi connectivity index (χ3v) is 3.20. The van der Waals surface area contributed by atoms with Crippen molar-refractivity contribution in [2.24, 2.45) is 10.1 Å². The van der Waals surface area contributed by atoms with Crippen molar-refractivity contribution in [1.82, 2.24) is 5.01 Å². The molecule has 4 nitrogen and oxygen atoms in total. The topological polar surface area (TPSA) is 40.5 Å². The third kappa shape index (κ3) is 2.49. The molecule has 0 amide bonds. The van der Waals surface area contributed by atoms with Crippen LogP contribution in [-0.4, -0.2) is 37.8 Å². The number of epoxide rings is 1. The summed E-state index contributed by atoms with van der Waals surface area (Å²) in [5, 5.41) is 5.23. The highest BCUT2D eigenvalue weighted by atomic mass is 19.1. The molecule has 0 aliphatic carbocycles. The maximum atomic E-state index is 13.9. The van der Waals surface area contributed by atoms with E-state index in [0.717, 1.165) is 6.07 Å². The van der Waals surface area contributed by atoms with E-state index in [1.165, 1.54) is 23.5 Å². The van der Waals surface area contributed by atoms with Crippen LogP contribution in [0, 0.1) is 11.6 Å². The van der Waals surface area contributed by atoms with Crippen molar-refractivity contribution in [3.8, 4) is 0 Å². The Labute approximate surface area is 110 Å². The first-order valence-corrected chi connectivity index (χ1v) is 5.82. The monoisotopic (exact) mass is 267 g/mol. The van der Waals surface area contributed by atoms with E-state index in [1.54, 1.807) is 7.05 Å². The number of halogens is 2. The molecule has 0 spiro atoms. The van der Waals surface area contributed by atoms with Gasteiger partial charge in [-0.15, -0.1) is 0 Å². The number of hydrogen-bond donors (Lipinski definition) is 0. The predicted molar refractivity (Wildman–Crippen MR) is 69.3 cm³/mol. The molecule has 1 heterocycles. The van der Waals surface area contributed by atoms with Gasteiger partial charge in [0.2, 0.25) is 0 Å². The Hall–Kier alpha value is -1.82. The Balaban J connectivity index is 2.30. The summed E-state index contributed by atoms with van der Waals surface area (Å²) in [7, 11) is 1.60. The van der Waals surface area contributed by atoms with Gasteiger partial charge in [-0.25, -0.2) is 8.78 Å². The van der Waals surface area contributed by atoms with Crippen molar-refractivity contribution >= 4 is 13.1 Å². The first-order valence-electron chi connectivity index (χ1n) is 5.82. The second-order valence-electron chi connectivity index (χ2n) is 4.39. The van der Waals surface area contributed by atoms with E-state index in [9.17, 15) is 8.78 Å². The molecule has 1 aliphatic rings. The smallest absolute Gasteiger partial charge is 0.142 e. The molecule has 1 fully saturated rings. The summed E-state index contributed by atoms with van der Waals surface area (Å²) in [5.41, 5.74) is -0.514. The van der Waals surface area contributed by atoms with Crippen molar-refractivity contribution in [2.45, 2.75) is 18.6 Å². The highest BCUT2D eigenvalue weighted by Crippen LogP contribution is 2.47. The molecule has 1 aromatic rings. The molecule has 1 aromatic carbocycles. The Morgan fingerprint density at radius 2 is 2.21 bits per heavy atom. The highest BCUT2D eigenvalue weighted by molar-refractivity contribution is 5.55. The lowest BCUT2D eigenvalue weighted by atomic mass is 9.95. The van der Waals surface area contributed by atoms with E-state index >= 15 is 0 Å². The Kier molecular flexibility index (Phi) is 3.61. The molecular weight excluding hydrogens is 252 g/mol. The lowest BCUT2D eigenvalue weighted by Crippen LogP contribution is -2.30. The van der Waals surface area contributed by atoms with Gasteiger partial charge < -0.3 is 4.74 Å². The van der Waals surface area contributed by atoms with Crippen LogP contribution < -0.4 is 0 Å². The van der Waals surface area contributed by atoms with E-state index in [1.807, 2.05) is 6.92 Å². The normalized spacial score (nSPS) is 25.6. The quantitative estimate of drug-likeness (QED) is 0.355. The lowest BCUT2D eigenvalue weighted by molar-refractivity contribution is 0.244. The van der Waals surface area contributed by atoms with Gasteiger partial charge in [-0.05, 0) is 13.0 Å². The largest absolute Gasteiger partial charge is 0.359 e. The lowest BCUT2D eigenvalue weighted by Gasteiger charge is -2.19. The van der Waals surface area contributed by atoms with Crippen LogP contribution in [0.5, 0.6) is 0 Å². The van der Waals surface area contributed by atoms with E-state index in [2.05, 4.69) is 16.8 Å². The molecule has 0 N–H and O–H groups in total. The van der Waals surface area contributed by atoms with Gasteiger partial charge in [0, 0.05) is 25.4 Å². The van der Waals surface area contributed by atoms with Crippen LogP contribution in [0.25, 0.3) is 0 Å². The zero-order valence-corrected chi connectivity index (χ0v) is 10.8. The summed E-state index contributed by atoms with van der Waals surface area (Å²) < 4.78 is 32.4. The second-order valence-corrected chi connectivity index (χ2v) is 4.39. The maximum absolute atomic E-state index is 13.9. The summed E-state index contributed by atoms with van der Waals surface area (Å²) in [4.78, 5) is 3.83. The number of ether oxygens (including phenoxy) is 1.